The summed E-state index contributed by atoms with van der Waals surface area (Å²) in [6, 6.07) is 3.89. The zero-order valence-corrected chi connectivity index (χ0v) is 17.5. The molecule has 6 atom stereocenters. The molecule has 2 bridgehead atoms. The lowest BCUT2D eigenvalue weighted by Gasteiger charge is -2.37. The number of aryl methyl sites for hydroxylation is 2. The van der Waals surface area contributed by atoms with Crippen LogP contribution in [0.3, 0.4) is 0 Å². The first-order chi connectivity index (χ1) is 13.4. The molecule has 6 heteroatoms. The van der Waals surface area contributed by atoms with Crippen molar-refractivity contribution in [2.24, 2.45) is 35.5 Å². The number of likely N-dealkylation sites (tertiary alicyclic amines) is 1. The van der Waals surface area contributed by atoms with Crippen LogP contribution in [0.4, 0.5) is 5.69 Å². The third kappa shape index (κ3) is 2.60. The fraction of sp³-hybridized carbons (Fsp3) is 0.500. The summed E-state index contributed by atoms with van der Waals surface area (Å²) >= 11 is 3.49. The zero-order chi connectivity index (χ0) is 19.7. The van der Waals surface area contributed by atoms with E-state index in [1.807, 2.05) is 26.0 Å². The van der Waals surface area contributed by atoms with E-state index in [4.69, 9.17) is 0 Å². The lowest BCUT2D eigenvalue weighted by molar-refractivity contribution is -0.140. The van der Waals surface area contributed by atoms with Crippen LogP contribution in [0.1, 0.15) is 24.0 Å². The van der Waals surface area contributed by atoms with Crippen LogP contribution in [0.2, 0.25) is 0 Å². The number of carbonyl (C=O) groups is 3. The van der Waals surface area contributed by atoms with E-state index >= 15 is 0 Å². The Morgan fingerprint density at radius 2 is 1.68 bits per heavy atom. The number of imide groups is 1. The molecule has 1 saturated heterocycles. The first-order valence-electron chi connectivity index (χ1n) is 9.97. The van der Waals surface area contributed by atoms with Crippen molar-refractivity contribution < 1.29 is 14.4 Å². The van der Waals surface area contributed by atoms with Gasteiger partial charge in [-0.3, -0.25) is 19.3 Å². The standard InChI is InChI=1S/C22H23BrN2O3/c1-10-8-17(11(2)7-16(10)23)24-18(26)5-6-25-21(27)19-12-3-4-13(15-9-14(12)15)20(19)22(25)28/h3-4,7-8,12-15,19-20H,5-6,9H2,1-2H3,(H,24,26)/t12-,13-,14-,15+,19-,20+/m0/s1. The summed E-state index contributed by atoms with van der Waals surface area (Å²) in [5, 5.41) is 2.92. The number of nitrogens with zero attached hydrogens (tertiary/aromatic N) is 1. The quantitative estimate of drug-likeness (QED) is 0.573. The Bertz CT molecular complexity index is 904. The van der Waals surface area contributed by atoms with Gasteiger partial charge in [0.05, 0.1) is 11.8 Å². The molecule has 1 aromatic rings. The van der Waals surface area contributed by atoms with Crippen LogP contribution >= 0.6 is 15.9 Å². The first-order valence-corrected chi connectivity index (χ1v) is 10.8. The SMILES string of the molecule is Cc1cc(NC(=O)CCN2C(=O)[C@@H]3[C@H]4C=C[C@@H]([C@@H]5C[C@H]45)[C@@H]3C2=O)c(C)cc1Br. The van der Waals surface area contributed by atoms with E-state index in [1.54, 1.807) is 0 Å². The molecular formula is C22H23BrN2O3. The minimum absolute atomic E-state index is 0.0665. The van der Waals surface area contributed by atoms with Crippen molar-refractivity contribution in [3.05, 3.63) is 39.9 Å². The number of allylic oxidation sites excluding steroid dienone is 2. The number of anilines is 1. The fourth-order valence-corrected chi connectivity index (χ4v) is 6.04. The van der Waals surface area contributed by atoms with Gasteiger partial charge in [0.25, 0.3) is 0 Å². The van der Waals surface area contributed by atoms with E-state index in [1.165, 1.54) is 4.90 Å². The Hall–Kier alpha value is -1.95. The number of halogens is 1. The number of benzene rings is 1. The fourth-order valence-electron chi connectivity index (χ4n) is 5.58. The van der Waals surface area contributed by atoms with Crippen LogP contribution in [0.15, 0.2) is 28.8 Å². The highest BCUT2D eigenvalue weighted by Gasteiger charge is 2.66. The highest BCUT2D eigenvalue weighted by Crippen LogP contribution is 2.65. The maximum Gasteiger partial charge on any atom is 0.233 e. The average molecular weight is 443 g/mol. The summed E-state index contributed by atoms with van der Waals surface area (Å²) < 4.78 is 1.00. The van der Waals surface area contributed by atoms with E-state index in [-0.39, 0.29) is 54.4 Å². The van der Waals surface area contributed by atoms with Gasteiger partial charge in [0.2, 0.25) is 17.7 Å². The summed E-state index contributed by atoms with van der Waals surface area (Å²) in [5.74, 6) is 0.957. The molecule has 0 unspecified atom stereocenters. The van der Waals surface area contributed by atoms with Crippen molar-refractivity contribution in [1.29, 1.82) is 0 Å². The van der Waals surface area contributed by atoms with E-state index in [2.05, 4.69) is 33.4 Å². The van der Waals surface area contributed by atoms with Gasteiger partial charge in [-0.05, 0) is 67.2 Å². The lowest BCUT2D eigenvalue weighted by atomic mass is 9.63. The second kappa shape index (κ2) is 6.28. The Kier molecular flexibility index (Phi) is 4.06. The Morgan fingerprint density at radius 3 is 2.29 bits per heavy atom. The molecule has 1 heterocycles. The number of hydrogen-bond acceptors (Lipinski definition) is 3. The topological polar surface area (TPSA) is 66.5 Å². The molecule has 4 aliphatic carbocycles. The van der Waals surface area contributed by atoms with E-state index < -0.39 is 0 Å². The molecule has 28 heavy (non-hydrogen) atoms. The Balaban J connectivity index is 1.25. The normalized spacial score (nSPS) is 34.5. The van der Waals surface area contributed by atoms with E-state index in [0.29, 0.717) is 11.8 Å². The van der Waals surface area contributed by atoms with Gasteiger partial charge in [-0.1, -0.05) is 28.1 Å². The Morgan fingerprint density at radius 1 is 1.07 bits per heavy atom. The first kappa shape index (κ1) is 18.1. The van der Waals surface area contributed by atoms with Gasteiger partial charge in [0.1, 0.15) is 0 Å². The highest BCUT2D eigenvalue weighted by atomic mass is 79.9. The number of hydrogen-bond donors (Lipinski definition) is 1. The van der Waals surface area contributed by atoms with Crippen molar-refractivity contribution in [3.8, 4) is 0 Å². The zero-order valence-electron chi connectivity index (χ0n) is 15.9. The number of carbonyl (C=O) groups excluding carboxylic acids is 3. The maximum atomic E-state index is 12.9. The van der Waals surface area contributed by atoms with Crippen molar-refractivity contribution >= 4 is 39.3 Å². The number of rotatable bonds is 4. The van der Waals surface area contributed by atoms with Crippen LogP contribution in [0.5, 0.6) is 0 Å². The molecule has 5 nitrogen and oxygen atoms in total. The van der Waals surface area contributed by atoms with Gasteiger partial charge < -0.3 is 5.32 Å². The smallest absolute Gasteiger partial charge is 0.233 e. The average Bonchev–Trinajstić information content (AvgIpc) is 3.43. The number of nitrogens with one attached hydrogen (secondary N) is 1. The van der Waals surface area contributed by atoms with Gasteiger partial charge in [-0.15, -0.1) is 0 Å². The molecule has 3 amide bonds. The van der Waals surface area contributed by atoms with Crippen molar-refractivity contribution in [1.82, 2.24) is 4.90 Å². The molecular weight excluding hydrogens is 420 g/mol. The summed E-state index contributed by atoms with van der Waals surface area (Å²) in [7, 11) is 0. The lowest BCUT2D eigenvalue weighted by Crippen LogP contribution is -2.40. The molecule has 0 spiro atoms. The van der Waals surface area contributed by atoms with Crippen LogP contribution in [-0.2, 0) is 14.4 Å². The van der Waals surface area contributed by atoms with Crippen LogP contribution in [-0.4, -0.2) is 29.2 Å². The minimum atomic E-state index is -0.189. The highest BCUT2D eigenvalue weighted by molar-refractivity contribution is 9.10. The van der Waals surface area contributed by atoms with Gasteiger partial charge in [-0.2, -0.15) is 0 Å². The minimum Gasteiger partial charge on any atom is -0.326 e. The molecule has 0 radical (unpaired) electrons. The van der Waals surface area contributed by atoms with Gasteiger partial charge in [-0.25, -0.2) is 0 Å². The number of amides is 3. The predicted molar refractivity (Wildman–Crippen MR) is 108 cm³/mol. The molecule has 1 aromatic carbocycles. The largest absolute Gasteiger partial charge is 0.326 e. The molecule has 3 fully saturated rings. The molecule has 5 aliphatic rings. The van der Waals surface area contributed by atoms with Crippen LogP contribution in [0, 0.1) is 49.4 Å². The van der Waals surface area contributed by atoms with Crippen LogP contribution < -0.4 is 5.32 Å². The van der Waals surface area contributed by atoms with E-state index in [0.717, 1.165) is 27.7 Å². The summed E-state index contributed by atoms with van der Waals surface area (Å²) in [4.78, 5) is 39.7. The van der Waals surface area contributed by atoms with E-state index in [9.17, 15) is 14.4 Å². The van der Waals surface area contributed by atoms with Crippen LogP contribution in [0.25, 0.3) is 0 Å². The monoisotopic (exact) mass is 442 g/mol. The summed E-state index contributed by atoms with van der Waals surface area (Å²) in [6.45, 7) is 4.07. The molecule has 6 rings (SSSR count). The van der Waals surface area contributed by atoms with Crippen molar-refractivity contribution in [3.63, 3.8) is 0 Å². The molecule has 0 aromatic heterocycles. The molecule has 1 N–H and O–H groups in total. The maximum absolute atomic E-state index is 12.9. The second-order valence-corrected chi connectivity index (χ2v) is 9.55. The third-order valence-corrected chi connectivity index (χ3v) is 7.95. The van der Waals surface area contributed by atoms with Gasteiger partial charge in [0, 0.05) is 23.1 Å². The summed E-state index contributed by atoms with van der Waals surface area (Å²) in [6.07, 6.45) is 5.62. The summed E-state index contributed by atoms with van der Waals surface area (Å²) in [5.41, 5.74) is 2.77. The predicted octanol–water partition coefficient (Wildman–Crippen LogP) is 3.45. The molecule has 2 saturated carbocycles. The second-order valence-electron chi connectivity index (χ2n) is 8.70. The van der Waals surface area contributed by atoms with Gasteiger partial charge in [0.15, 0.2) is 0 Å². The van der Waals surface area contributed by atoms with Crippen molar-refractivity contribution in [2.75, 3.05) is 11.9 Å². The van der Waals surface area contributed by atoms with Gasteiger partial charge >= 0.3 is 0 Å². The Labute approximate surface area is 172 Å². The van der Waals surface area contributed by atoms with Crippen molar-refractivity contribution in [2.45, 2.75) is 26.7 Å². The molecule has 1 aliphatic heterocycles. The molecule has 146 valence electrons. The third-order valence-electron chi connectivity index (χ3n) is 7.10.